The van der Waals surface area contributed by atoms with Gasteiger partial charge in [0.25, 0.3) is 0 Å². The lowest BCUT2D eigenvalue weighted by atomic mass is 9.99. The highest BCUT2D eigenvalue weighted by Crippen LogP contribution is 2.33. The van der Waals surface area contributed by atoms with Gasteiger partial charge < -0.3 is 10.5 Å². The Kier molecular flexibility index (Phi) is 3.22. The second-order valence-corrected chi connectivity index (χ2v) is 5.55. The van der Waals surface area contributed by atoms with Gasteiger partial charge in [-0.1, -0.05) is 6.07 Å². The largest absolute Gasteiger partial charge is 0.443 e. The fraction of sp³-hybridized carbons (Fsp3) is 0.429. The number of hydrogen-bond acceptors (Lipinski definition) is 4. The maximum Gasteiger partial charge on any atom is 0.414 e. The van der Waals surface area contributed by atoms with Crippen molar-refractivity contribution in [2.75, 3.05) is 17.2 Å². The summed E-state index contributed by atoms with van der Waals surface area (Å²) in [4.78, 5) is 25.5. The first-order valence-corrected chi connectivity index (χ1v) is 6.22. The van der Waals surface area contributed by atoms with Crippen LogP contribution >= 0.6 is 0 Å². The fourth-order valence-electron chi connectivity index (χ4n) is 2.05. The van der Waals surface area contributed by atoms with Crippen LogP contribution in [0.3, 0.4) is 0 Å². The van der Waals surface area contributed by atoms with Crippen LogP contribution in [-0.4, -0.2) is 24.0 Å². The highest BCUT2D eigenvalue weighted by molar-refractivity contribution is 6.10. The highest BCUT2D eigenvalue weighted by atomic mass is 16.6. The molecule has 1 aromatic rings. The number of ether oxygens (including phenoxy) is 1. The topological polar surface area (TPSA) is 72.6 Å². The molecule has 102 valence electrons. The Morgan fingerprint density at radius 1 is 1.37 bits per heavy atom. The number of fused-ring (bicyclic) bond motifs is 1. The standard InChI is InChI=1S/C14H18N2O3/c1-14(2,3)19-13(18)16-8-7-11(17)9-5-4-6-10(15)12(9)16/h4-6H,7-8,15H2,1-3H3. The predicted octanol–water partition coefficient (Wildman–Crippen LogP) is 2.60. The molecule has 0 spiro atoms. The van der Waals surface area contributed by atoms with Crippen molar-refractivity contribution >= 4 is 23.3 Å². The molecule has 0 saturated carbocycles. The molecule has 0 unspecified atom stereocenters. The zero-order valence-electron chi connectivity index (χ0n) is 11.4. The zero-order valence-corrected chi connectivity index (χ0v) is 11.4. The average Bonchev–Trinajstić information content (AvgIpc) is 2.28. The lowest BCUT2D eigenvalue weighted by Gasteiger charge is -2.31. The third-order valence-corrected chi connectivity index (χ3v) is 2.81. The number of Topliss-reactive ketones (excluding diaryl/α,β-unsaturated/α-hetero) is 1. The summed E-state index contributed by atoms with van der Waals surface area (Å²) in [6, 6.07) is 5.07. The molecule has 5 heteroatoms. The Balaban J connectivity index is 2.38. The van der Waals surface area contributed by atoms with Crippen LogP contribution < -0.4 is 10.6 Å². The molecule has 1 aliphatic heterocycles. The van der Waals surface area contributed by atoms with Gasteiger partial charge in [0, 0.05) is 18.5 Å². The van der Waals surface area contributed by atoms with E-state index in [0.29, 0.717) is 23.5 Å². The van der Waals surface area contributed by atoms with Gasteiger partial charge in [-0.2, -0.15) is 0 Å². The van der Waals surface area contributed by atoms with Crippen molar-refractivity contribution in [3.63, 3.8) is 0 Å². The molecule has 0 radical (unpaired) electrons. The van der Waals surface area contributed by atoms with Gasteiger partial charge in [0.1, 0.15) is 5.60 Å². The quantitative estimate of drug-likeness (QED) is 0.729. The zero-order chi connectivity index (χ0) is 14.2. The van der Waals surface area contributed by atoms with E-state index in [0.717, 1.165) is 0 Å². The second-order valence-electron chi connectivity index (χ2n) is 5.55. The summed E-state index contributed by atoms with van der Waals surface area (Å²) in [7, 11) is 0. The number of benzene rings is 1. The van der Waals surface area contributed by atoms with Crippen molar-refractivity contribution in [1.29, 1.82) is 0 Å². The minimum Gasteiger partial charge on any atom is -0.443 e. The molecule has 0 saturated heterocycles. The molecule has 1 aliphatic rings. The lowest BCUT2D eigenvalue weighted by Crippen LogP contribution is -2.41. The predicted molar refractivity (Wildman–Crippen MR) is 73.4 cm³/mol. The van der Waals surface area contributed by atoms with E-state index in [1.165, 1.54) is 4.90 Å². The fourth-order valence-corrected chi connectivity index (χ4v) is 2.05. The molecule has 2 N–H and O–H groups in total. The first-order valence-electron chi connectivity index (χ1n) is 6.22. The van der Waals surface area contributed by atoms with Crippen LogP contribution in [0.2, 0.25) is 0 Å². The first kappa shape index (κ1) is 13.4. The van der Waals surface area contributed by atoms with Crippen molar-refractivity contribution in [1.82, 2.24) is 0 Å². The van der Waals surface area contributed by atoms with Crippen LogP contribution in [0.5, 0.6) is 0 Å². The van der Waals surface area contributed by atoms with Crippen molar-refractivity contribution in [2.45, 2.75) is 32.8 Å². The summed E-state index contributed by atoms with van der Waals surface area (Å²) in [6.07, 6.45) is -0.186. The Morgan fingerprint density at radius 2 is 2.05 bits per heavy atom. The lowest BCUT2D eigenvalue weighted by molar-refractivity contribution is 0.0578. The monoisotopic (exact) mass is 262 g/mol. The van der Waals surface area contributed by atoms with Crippen LogP contribution in [-0.2, 0) is 4.74 Å². The van der Waals surface area contributed by atoms with Crippen LogP contribution in [0.1, 0.15) is 37.6 Å². The van der Waals surface area contributed by atoms with Crippen LogP contribution in [0.25, 0.3) is 0 Å². The summed E-state index contributed by atoms with van der Waals surface area (Å²) in [6.45, 7) is 5.70. The summed E-state index contributed by atoms with van der Waals surface area (Å²) in [5, 5.41) is 0. The summed E-state index contributed by atoms with van der Waals surface area (Å²) in [5.74, 6) is 0.00195. The van der Waals surface area contributed by atoms with Gasteiger partial charge in [0.2, 0.25) is 0 Å². The maximum atomic E-state index is 12.2. The maximum absolute atomic E-state index is 12.2. The highest BCUT2D eigenvalue weighted by Gasteiger charge is 2.31. The molecule has 0 atom stereocenters. The molecule has 19 heavy (non-hydrogen) atoms. The molecule has 0 aliphatic carbocycles. The van der Waals surface area contributed by atoms with Gasteiger partial charge in [-0.3, -0.25) is 9.69 Å². The van der Waals surface area contributed by atoms with Crippen LogP contribution in [0, 0.1) is 0 Å². The smallest absolute Gasteiger partial charge is 0.414 e. The summed E-state index contributed by atoms with van der Waals surface area (Å²) < 4.78 is 5.34. The van der Waals surface area contributed by atoms with E-state index in [2.05, 4.69) is 0 Å². The molecular weight excluding hydrogens is 244 g/mol. The molecule has 2 rings (SSSR count). The molecule has 0 bridgehead atoms. The Hall–Kier alpha value is -2.04. The van der Waals surface area contributed by atoms with E-state index in [-0.39, 0.29) is 12.2 Å². The van der Waals surface area contributed by atoms with Crippen molar-refractivity contribution in [3.8, 4) is 0 Å². The van der Waals surface area contributed by atoms with E-state index in [4.69, 9.17) is 10.5 Å². The second kappa shape index (κ2) is 4.57. The number of carbonyl (C=O) groups is 2. The van der Waals surface area contributed by atoms with Gasteiger partial charge in [0.15, 0.2) is 5.78 Å². The number of nitrogens with zero attached hydrogens (tertiary/aromatic N) is 1. The number of ketones is 1. The number of hydrogen-bond donors (Lipinski definition) is 1. The van der Waals surface area contributed by atoms with Crippen molar-refractivity contribution < 1.29 is 14.3 Å². The minimum absolute atomic E-state index is 0.00195. The van der Waals surface area contributed by atoms with Gasteiger partial charge in [-0.25, -0.2) is 4.79 Å². The number of para-hydroxylation sites is 1. The van der Waals surface area contributed by atoms with E-state index < -0.39 is 11.7 Å². The number of rotatable bonds is 0. The molecule has 0 aromatic heterocycles. The molecule has 0 fully saturated rings. The van der Waals surface area contributed by atoms with E-state index in [1.807, 2.05) is 0 Å². The van der Waals surface area contributed by atoms with Gasteiger partial charge >= 0.3 is 6.09 Å². The first-order chi connectivity index (χ1) is 8.79. The third-order valence-electron chi connectivity index (χ3n) is 2.81. The normalized spacial score (nSPS) is 15.1. The minimum atomic E-state index is -0.581. The summed E-state index contributed by atoms with van der Waals surface area (Å²) in [5.41, 5.74) is 6.68. The number of nitrogens with two attached hydrogens (primary N) is 1. The Morgan fingerprint density at radius 3 is 2.68 bits per heavy atom. The average molecular weight is 262 g/mol. The van der Waals surface area contributed by atoms with E-state index in [9.17, 15) is 9.59 Å². The van der Waals surface area contributed by atoms with Crippen LogP contribution in [0.15, 0.2) is 18.2 Å². The SMILES string of the molecule is CC(C)(C)OC(=O)N1CCC(=O)c2cccc(N)c21. The van der Waals surface area contributed by atoms with E-state index >= 15 is 0 Å². The molecule has 5 nitrogen and oxygen atoms in total. The Labute approximate surface area is 112 Å². The molecule has 1 aromatic carbocycles. The van der Waals surface area contributed by atoms with Gasteiger partial charge in [-0.15, -0.1) is 0 Å². The number of carbonyl (C=O) groups excluding carboxylic acids is 2. The molecule has 1 heterocycles. The van der Waals surface area contributed by atoms with Crippen LogP contribution in [0.4, 0.5) is 16.2 Å². The van der Waals surface area contributed by atoms with E-state index in [1.54, 1.807) is 39.0 Å². The summed E-state index contributed by atoms with van der Waals surface area (Å²) >= 11 is 0. The number of amides is 1. The van der Waals surface area contributed by atoms with Crippen molar-refractivity contribution in [2.24, 2.45) is 0 Å². The number of anilines is 2. The number of nitrogen functional groups attached to an aromatic ring is 1. The molecule has 1 amide bonds. The van der Waals surface area contributed by atoms with Crippen molar-refractivity contribution in [3.05, 3.63) is 23.8 Å². The third kappa shape index (κ3) is 2.70. The van der Waals surface area contributed by atoms with Gasteiger partial charge in [0.05, 0.1) is 11.4 Å². The van der Waals surface area contributed by atoms with Gasteiger partial charge in [-0.05, 0) is 32.9 Å². The Bertz CT molecular complexity index is 532. The molecular formula is C14H18N2O3.